The number of hydrogen-bond acceptors (Lipinski definition) is 5. The number of rotatable bonds is 6. The highest BCUT2D eigenvalue weighted by Gasteiger charge is 2.32. The van der Waals surface area contributed by atoms with E-state index in [2.05, 4.69) is 34.7 Å². The van der Waals surface area contributed by atoms with Gasteiger partial charge >= 0.3 is 5.97 Å². The van der Waals surface area contributed by atoms with Crippen LogP contribution in [0.25, 0.3) is 33.5 Å². The Morgan fingerprint density at radius 1 is 1.32 bits per heavy atom. The van der Waals surface area contributed by atoms with Crippen molar-refractivity contribution in [1.29, 1.82) is 0 Å². The number of fused-ring (bicyclic) bond motifs is 2. The Bertz CT molecular complexity index is 1310. The Morgan fingerprint density at radius 3 is 2.71 bits per heavy atom. The molecular formula is C21H24ClN5O3Si. The second kappa shape index (κ2) is 7.74. The minimum atomic E-state index is -1.85. The van der Waals surface area contributed by atoms with Crippen LogP contribution >= 0.6 is 11.6 Å². The molecule has 10 heteroatoms. The van der Waals surface area contributed by atoms with E-state index in [1.165, 1.54) is 0 Å². The van der Waals surface area contributed by atoms with Crippen molar-refractivity contribution >= 4 is 47.7 Å². The molecule has 0 bridgehead atoms. The average molecular weight is 458 g/mol. The molecule has 162 valence electrons. The maximum absolute atomic E-state index is 12.0. The molecular weight excluding hydrogens is 434 g/mol. The quantitative estimate of drug-likeness (QED) is 0.420. The fourth-order valence-corrected chi connectivity index (χ4v) is 5.65. The van der Waals surface area contributed by atoms with Crippen LogP contribution < -0.4 is 0 Å². The Kier molecular flexibility index (Phi) is 5.36. The third-order valence-corrected chi connectivity index (χ3v) is 7.29. The zero-order valence-electron chi connectivity index (χ0n) is 18.0. The van der Waals surface area contributed by atoms with E-state index in [0.29, 0.717) is 34.2 Å². The smallest absolute Gasteiger partial charge is 0.339 e. The van der Waals surface area contributed by atoms with Crippen molar-refractivity contribution in [3.63, 3.8) is 0 Å². The molecule has 31 heavy (non-hydrogen) atoms. The summed E-state index contributed by atoms with van der Waals surface area (Å²) in [5.41, 5.74) is 2.89. The molecule has 1 aromatic carbocycles. The summed E-state index contributed by atoms with van der Waals surface area (Å²) in [6.07, 6.45) is 3.22. The lowest BCUT2D eigenvalue weighted by molar-refractivity contribution is 0.0652. The van der Waals surface area contributed by atoms with Crippen LogP contribution in [0.15, 0.2) is 30.6 Å². The van der Waals surface area contributed by atoms with Gasteiger partial charge in [-0.25, -0.2) is 14.8 Å². The zero-order valence-corrected chi connectivity index (χ0v) is 19.8. The van der Waals surface area contributed by atoms with Crippen LogP contribution in [-0.2, 0) is 11.8 Å². The zero-order chi connectivity index (χ0) is 22.5. The highest BCUT2D eigenvalue weighted by Crippen LogP contribution is 2.32. The number of hydrogen-bond donors (Lipinski definition) is 1. The van der Waals surface area contributed by atoms with Crippen LogP contribution in [0.5, 0.6) is 0 Å². The van der Waals surface area contributed by atoms with E-state index in [0.717, 1.165) is 10.9 Å². The molecule has 0 spiro atoms. The van der Waals surface area contributed by atoms with E-state index in [9.17, 15) is 9.90 Å². The highest BCUT2D eigenvalue weighted by atomic mass is 35.5. The summed E-state index contributed by atoms with van der Waals surface area (Å²) in [4.78, 5) is 21.3. The lowest BCUT2D eigenvalue weighted by atomic mass is 10.1. The molecule has 1 unspecified atom stereocenters. The van der Waals surface area contributed by atoms with Gasteiger partial charge < -0.3 is 14.4 Å². The Balaban J connectivity index is 1.95. The van der Waals surface area contributed by atoms with Crippen molar-refractivity contribution in [2.45, 2.75) is 32.4 Å². The number of aromatic carboxylic acids is 1. The van der Waals surface area contributed by atoms with E-state index in [1.54, 1.807) is 23.1 Å². The van der Waals surface area contributed by atoms with Gasteiger partial charge in [0.25, 0.3) is 0 Å². The number of aromatic nitrogens is 5. The number of aryl methyl sites for hydroxylation is 1. The molecule has 4 aromatic rings. The van der Waals surface area contributed by atoms with Crippen LogP contribution in [0.4, 0.5) is 0 Å². The number of carboxylic acid groups (broad SMARTS) is 1. The SMILES string of the molecule is CCOC(n1cc(C(=O)O)c2nc(-c3nn(C)c4cc(Cl)ccc34)cnc21)[Si](C)(C)C. The molecule has 0 aliphatic rings. The monoisotopic (exact) mass is 457 g/mol. The van der Waals surface area contributed by atoms with Gasteiger partial charge in [0.15, 0.2) is 5.65 Å². The van der Waals surface area contributed by atoms with Gasteiger partial charge in [0.05, 0.1) is 11.7 Å². The first-order valence-electron chi connectivity index (χ1n) is 9.97. The summed E-state index contributed by atoms with van der Waals surface area (Å²) in [5, 5.41) is 15.9. The predicted molar refractivity (Wildman–Crippen MR) is 123 cm³/mol. The summed E-state index contributed by atoms with van der Waals surface area (Å²) >= 11 is 6.13. The molecule has 1 N–H and O–H groups in total. The van der Waals surface area contributed by atoms with Gasteiger partial charge in [0.2, 0.25) is 0 Å². The van der Waals surface area contributed by atoms with E-state index < -0.39 is 14.0 Å². The standard InChI is InChI=1S/C21H24ClN5O3Si/c1-6-30-21(31(3,4)5)27-11-14(20(28)29)18-19(27)23-10-15(24-18)17-13-8-7-12(22)9-16(13)26(2)25-17/h7-11,21H,6H2,1-5H3,(H,28,29). The van der Waals surface area contributed by atoms with Crippen LogP contribution in [0.1, 0.15) is 23.1 Å². The fourth-order valence-electron chi connectivity index (χ4n) is 3.79. The summed E-state index contributed by atoms with van der Waals surface area (Å²) in [6, 6.07) is 5.51. The molecule has 3 aromatic heterocycles. The lowest BCUT2D eigenvalue weighted by Gasteiger charge is -2.30. The van der Waals surface area contributed by atoms with Crippen LogP contribution in [0.3, 0.4) is 0 Å². The molecule has 0 aliphatic heterocycles. The first kappa shape index (κ1) is 21.5. The number of nitrogens with zero attached hydrogens (tertiary/aromatic N) is 5. The first-order valence-corrected chi connectivity index (χ1v) is 13.9. The van der Waals surface area contributed by atoms with E-state index >= 15 is 0 Å². The lowest BCUT2D eigenvalue weighted by Crippen LogP contribution is -2.37. The number of carbonyl (C=O) groups is 1. The highest BCUT2D eigenvalue weighted by molar-refractivity contribution is 6.76. The maximum Gasteiger partial charge on any atom is 0.339 e. The molecule has 0 saturated carbocycles. The van der Waals surface area contributed by atoms with Crippen molar-refractivity contribution in [2.24, 2.45) is 7.05 Å². The minimum Gasteiger partial charge on any atom is -0.478 e. The molecule has 0 fully saturated rings. The van der Waals surface area contributed by atoms with Gasteiger partial charge in [-0.05, 0) is 25.1 Å². The van der Waals surface area contributed by atoms with Gasteiger partial charge in [0, 0.05) is 30.3 Å². The number of carboxylic acids is 1. The average Bonchev–Trinajstić information content (AvgIpc) is 3.23. The molecule has 3 heterocycles. The van der Waals surface area contributed by atoms with Crippen molar-refractivity contribution in [3.8, 4) is 11.4 Å². The topological polar surface area (TPSA) is 95.1 Å². The first-order chi connectivity index (χ1) is 14.6. The van der Waals surface area contributed by atoms with Crippen LogP contribution in [0.2, 0.25) is 24.7 Å². The largest absolute Gasteiger partial charge is 0.478 e. The van der Waals surface area contributed by atoms with Crippen LogP contribution in [-0.4, -0.2) is 50.1 Å². The molecule has 8 nitrogen and oxygen atoms in total. The summed E-state index contributed by atoms with van der Waals surface area (Å²) < 4.78 is 9.56. The molecule has 1 atom stereocenters. The third kappa shape index (κ3) is 3.73. The van der Waals surface area contributed by atoms with Gasteiger partial charge in [-0.1, -0.05) is 31.2 Å². The van der Waals surface area contributed by atoms with Crippen molar-refractivity contribution in [3.05, 3.63) is 41.2 Å². The summed E-state index contributed by atoms with van der Waals surface area (Å²) in [5.74, 6) is -1.32. The number of ether oxygens (including phenoxy) is 1. The minimum absolute atomic E-state index is 0.0931. The van der Waals surface area contributed by atoms with E-state index in [1.807, 2.05) is 30.7 Å². The maximum atomic E-state index is 12.0. The Labute approximate surface area is 185 Å². The fraction of sp³-hybridized carbons (Fsp3) is 0.333. The molecule has 0 amide bonds. The molecule has 0 radical (unpaired) electrons. The predicted octanol–water partition coefficient (Wildman–Crippen LogP) is 4.75. The second-order valence-corrected chi connectivity index (χ2v) is 14.2. The van der Waals surface area contributed by atoms with E-state index in [-0.39, 0.29) is 11.4 Å². The molecule has 0 aliphatic carbocycles. The Morgan fingerprint density at radius 2 is 2.06 bits per heavy atom. The molecule has 4 rings (SSSR count). The third-order valence-electron chi connectivity index (χ3n) is 5.13. The summed E-state index contributed by atoms with van der Waals surface area (Å²) in [6.45, 7) is 8.97. The summed E-state index contributed by atoms with van der Waals surface area (Å²) in [7, 11) is -0.0238. The van der Waals surface area contributed by atoms with Crippen molar-refractivity contribution < 1.29 is 14.6 Å². The number of benzene rings is 1. The Hall–Kier alpha value is -2.75. The molecule has 0 saturated heterocycles. The van der Waals surface area contributed by atoms with Gasteiger partial charge in [-0.2, -0.15) is 5.10 Å². The normalized spacial score (nSPS) is 13.2. The van der Waals surface area contributed by atoms with Gasteiger partial charge in [-0.15, -0.1) is 0 Å². The van der Waals surface area contributed by atoms with Crippen molar-refractivity contribution in [2.75, 3.05) is 6.61 Å². The van der Waals surface area contributed by atoms with Gasteiger partial charge in [-0.3, -0.25) is 4.68 Å². The van der Waals surface area contributed by atoms with Crippen molar-refractivity contribution in [1.82, 2.24) is 24.3 Å². The van der Waals surface area contributed by atoms with Gasteiger partial charge in [0.1, 0.15) is 36.4 Å². The number of halogens is 1. The second-order valence-electron chi connectivity index (χ2n) is 8.49. The van der Waals surface area contributed by atoms with E-state index in [4.69, 9.17) is 16.3 Å². The van der Waals surface area contributed by atoms with Crippen LogP contribution in [0, 0.1) is 0 Å².